The first-order valence-corrected chi connectivity index (χ1v) is 11.0. The van der Waals surface area contributed by atoms with E-state index in [1.807, 2.05) is 6.20 Å². The first-order valence-electron chi connectivity index (χ1n) is 8.99. The minimum absolute atomic E-state index is 0.0325. The second-order valence-electron chi connectivity index (χ2n) is 6.98. The lowest BCUT2D eigenvalue weighted by Gasteiger charge is -2.37. The van der Waals surface area contributed by atoms with Crippen molar-refractivity contribution in [2.75, 3.05) is 32.7 Å². The van der Waals surface area contributed by atoms with E-state index in [1.54, 1.807) is 34.8 Å². The van der Waals surface area contributed by atoms with Gasteiger partial charge in [-0.3, -0.25) is 4.99 Å². The van der Waals surface area contributed by atoms with Gasteiger partial charge in [0.15, 0.2) is 11.7 Å². The van der Waals surface area contributed by atoms with Crippen molar-refractivity contribution in [3.63, 3.8) is 0 Å². The number of halogens is 1. The Bertz CT molecular complexity index is 919. The van der Waals surface area contributed by atoms with E-state index in [0.29, 0.717) is 36.8 Å². The molecule has 9 heteroatoms. The zero-order valence-electron chi connectivity index (χ0n) is 15.1. The van der Waals surface area contributed by atoms with Crippen molar-refractivity contribution >= 4 is 33.3 Å². The van der Waals surface area contributed by atoms with Gasteiger partial charge in [0.05, 0.1) is 11.8 Å². The summed E-state index contributed by atoms with van der Waals surface area (Å²) in [6, 6.07) is 7.25. The van der Waals surface area contributed by atoms with Crippen molar-refractivity contribution in [3.8, 4) is 0 Å². The van der Waals surface area contributed by atoms with Crippen molar-refractivity contribution in [2.45, 2.75) is 18.7 Å². The molecule has 1 fully saturated rings. The van der Waals surface area contributed by atoms with Crippen LogP contribution in [0.1, 0.15) is 12.5 Å². The molecule has 3 aliphatic heterocycles. The van der Waals surface area contributed by atoms with E-state index in [9.17, 15) is 8.42 Å². The highest BCUT2D eigenvalue weighted by Gasteiger charge is 2.33. The molecule has 0 aromatic heterocycles. The smallest absolute Gasteiger partial charge is 0.218 e. The van der Waals surface area contributed by atoms with Crippen LogP contribution in [0.15, 0.2) is 46.7 Å². The van der Waals surface area contributed by atoms with E-state index in [-0.39, 0.29) is 11.8 Å². The normalized spacial score (nSPS) is 23.3. The maximum Gasteiger partial charge on any atom is 0.218 e. The predicted octanol–water partition coefficient (Wildman–Crippen LogP) is 1.77. The lowest BCUT2D eigenvalue weighted by Crippen LogP contribution is -2.54. The minimum atomic E-state index is -3.38. The van der Waals surface area contributed by atoms with E-state index in [1.165, 1.54) is 0 Å². The summed E-state index contributed by atoms with van der Waals surface area (Å²) < 4.78 is 27.1. The van der Waals surface area contributed by atoms with E-state index < -0.39 is 10.0 Å². The average Bonchev–Trinajstić information content (AvgIpc) is 3.01. The average molecular weight is 408 g/mol. The fourth-order valence-electron chi connectivity index (χ4n) is 3.58. The molecule has 0 N–H and O–H groups in total. The fraction of sp³-hybridized carbons (Fsp3) is 0.444. The lowest BCUT2D eigenvalue weighted by atomic mass is 10.2. The SMILES string of the molecule is CC1CN2C=CN=C(N3CCN(S(=O)(=O)Cc4cccc(Cl)c4)CC3)C2=N1. The highest BCUT2D eigenvalue weighted by atomic mass is 35.5. The van der Waals surface area contributed by atoms with Gasteiger partial charge in [-0.25, -0.2) is 13.4 Å². The molecule has 1 unspecified atom stereocenters. The Labute approximate surface area is 164 Å². The number of hydrogen-bond acceptors (Lipinski definition) is 6. The second kappa shape index (κ2) is 7.26. The Hall–Kier alpha value is -1.90. The van der Waals surface area contributed by atoms with Crippen LogP contribution in [0, 0.1) is 0 Å². The van der Waals surface area contributed by atoms with Crippen LogP contribution in [0.2, 0.25) is 5.02 Å². The molecule has 27 heavy (non-hydrogen) atoms. The molecular weight excluding hydrogens is 386 g/mol. The molecule has 3 heterocycles. The summed E-state index contributed by atoms with van der Waals surface area (Å²) >= 11 is 5.97. The van der Waals surface area contributed by atoms with Crippen LogP contribution in [-0.2, 0) is 15.8 Å². The van der Waals surface area contributed by atoms with Gasteiger partial charge in [-0.2, -0.15) is 4.31 Å². The van der Waals surface area contributed by atoms with Crippen LogP contribution in [0.3, 0.4) is 0 Å². The molecule has 0 radical (unpaired) electrons. The zero-order valence-corrected chi connectivity index (χ0v) is 16.7. The Balaban J connectivity index is 1.42. The number of fused-ring (bicyclic) bond motifs is 1. The van der Waals surface area contributed by atoms with Crippen LogP contribution in [0.5, 0.6) is 0 Å². The highest BCUT2D eigenvalue weighted by molar-refractivity contribution is 7.88. The quantitative estimate of drug-likeness (QED) is 0.765. The molecule has 0 amide bonds. The lowest BCUT2D eigenvalue weighted by molar-refractivity contribution is 0.266. The van der Waals surface area contributed by atoms with Gasteiger partial charge in [0.25, 0.3) is 0 Å². The number of hydrogen-bond donors (Lipinski definition) is 0. The van der Waals surface area contributed by atoms with Gasteiger partial charge in [0.1, 0.15) is 0 Å². The number of amidine groups is 2. The van der Waals surface area contributed by atoms with Crippen LogP contribution in [0.4, 0.5) is 0 Å². The molecule has 7 nitrogen and oxygen atoms in total. The first kappa shape index (κ1) is 18.5. The molecular formula is C18H22ClN5O2S. The maximum atomic E-state index is 12.8. The van der Waals surface area contributed by atoms with Crippen LogP contribution < -0.4 is 0 Å². The van der Waals surface area contributed by atoms with Gasteiger partial charge in [0, 0.05) is 50.1 Å². The summed E-state index contributed by atoms with van der Waals surface area (Å²) in [7, 11) is -3.38. The Morgan fingerprint density at radius 1 is 1.19 bits per heavy atom. The molecule has 1 saturated heterocycles. The van der Waals surface area contributed by atoms with Crippen molar-refractivity contribution in [2.24, 2.45) is 9.98 Å². The molecule has 1 atom stereocenters. The standard InChI is InChI=1S/C18H22ClN5O2S/c1-14-12-23-6-5-20-17(18(23)21-14)22-7-9-24(10-8-22)27(25,26)13-15-3-2-4-16(19)11-15/h2-6,11,14H,7-10,12-13H2,1H3. The largest absolute Gasteiger partial charge is 0.351 e. The maximum absolute atomic E-state index is 12.8. The number of piperazine rings is 1. The summed E-state index contributed by atoms with van der Waals surface area (Å²) in [6.07, 6.45) is 3.73. The fourth-order valence-corrected chi connectivity index (χ4v) is 5.30. The van der Waals surface area contributed by atoms with Gasteiger partial charge in [0.2, 0.25) is 10.0 Å². The molecule has 144 valence electrons. The van der Waals surface area contributed by atoms with E-state index in [0.717, 1.165) is 18.2 Å². The molecule has 1 aromatic rings. The number of benzene rings is 1. The van der Waals surface area contributed by atoms with Gasteiger partial charge in [-0.05, 0) is 24.6 Å². The van der Waals surface area contributed by atoms with Crippen molar-refractivity contribution in [3.05, 3.63) is 47.3 Å². The summed E-state index contributed by atoms with van der Waals surface area (Å²) in [5, 5.41) is 0.548. The monoisotopic (exact) mass is 407 g/mol. The third-order valence-corrected chi connectivity index (χ3v) is 6.97. The Kier molecular flexibility index (Phi) is 4.96. The van der Waals surface area contributed by atoms with Gasteiger partial charge < -0.3 is 9.80 Å². The molecule has 1 aromatic carbocycles. The van der Waals surface area contributed by atoms with E-state index in [2.05, 4.69) is 26.7 Å². The summed E-state index contributed by atoms with van der Waals surface area (Å²) in [5.74, 6) is 1.70. The summed E-state index contributed by atoms with van der Waals surface area (Å²) in [5.41, 5.74) is 0.705. The highest BCUT2D eigenvalue weighted by Crippen LogP contribution is 2.20. The van der Waals surface area contributed by atoms with Gasteiger partial charge in [-0.1, -0.05) is 23.7 Å². The van der Waals surface area contributed by atoms with Crippen LogP contribution >= 0.6 is 11.6 Å². The molecule has 3 aliphatic rings. The number of sulfonamides is 1. The molecule has 0 spiro atoms. The summed E-state index contributed by atoms with van der Waals surface area (Å²) in [4.78, 5) is 13.4. The van der Waals surface area contributed by atoms with Gasteiger partial charge in [-0.15, -0.1) is 0 Å². The number of rotatable bonds is 3. The van der Waals surface area contributed by atoms with Crippen molar-refractivity contribution in [1.29, 1.82) is 0 Å². The number of aliphatic imine (C=N–C) groups is 2. The summed E-state index contributed by atoms with van der Waals surface area (Å²) in [6.45, 7) is 5.02. The Morgan fingerprint density at radius 2 is 1.96 bits per heavy atom. The molecule has 4 rings (SSSR count). The third kappa shape index (κ3) is 3.88. The Morgan fingerprint density at radius 3 is 2.70 bits per heavy atom. The number of nitrogens with zero attached hydrogens (tertiary/aromatic N) is 5. The first-order chi connectivity index (χ1) is 12.9. The van der Waals surface area contributed by atoms with E-state index in [4.69, 9.17) is 11.6 Å². The molecule has 0 aliphatic carbocycles. The van der Waals surface area contributed by atoms with Crippen molar-refractivity contribution < 1.29 is 8.42 Å². The van der Waals surface area contributed by atoms with E-state index >= 15 is 0 Å². The molecule has 0 bridgehead atoms. The van der Waals surface area contributed by atoms with Crippen LogP contribution in [0.25, 0.3) is 0 Å². The van der Waals surface area contributed by atoms with Crippen molar-refractivity contribution in [1.82, 2.24) is 14.1 Å². The second-order valence-corrected chi connectivity index (χ2v) is 9.38. The van der Waals surface area contributed by atoms with Crippen LogP contribution in [-0.4, -0.2) is 73.0 Å². The van der Waals surface area contributed by atoms with Gasteiger partial charge >= 0.3 is 0 Å². The predicted molar refractivity (Wildman–Crippen MR) is 107 cm³/mol. The zero-order chi connectivity index (χ0) is 19.0. The molecule has 0 saturated carbocycles. The topological polar surface area (TPSA) is 68.6 Å². The third-order valence-electron chi connectivity index (χ3n) is 4.89. The minimum Gasteiger partial charge on any atom is -0.351 e.